The van der Waals surface area contributed by atoms with Gasteiger partial charge in [0, 0.05) is 32.1 Å². The Morgan fingerprint density at radius 2 is 1.56 bits per heavy atom. The van der Waals surface area contributed by atoms with Crippen LogP contribution in [0.3, 0.4) is 0 Å². The van der Waals surface area contributed by atoms with Crippen molar-refractivity contribution in [1.82, 2.24) is 9.21 Å². The number of aryl methyl sites for hydroxylation is 2. The van der Waals surface area contributed by atoms with Crippen LogP contribution in [0.4, 0.5) is 0 Å². The normalized spacial score (nSPS) is 21.5. The minimum Gasteiger partial charge on any atom is -0.340 e. The highest BCUT2D eigenvalue weighted by Gasteiger charge is 2.34. The number of piperazine rings is 1. The van der Waals surface area contributed by atoms with Crippen LogP contribution < -0.4 is 0 Å². The van der Waals surface area contributed by atoms with Crippen molar-refractivity contribution in [3.8, 4) is 0 Å². The first-order chi connectivity index (χ1) is 12.7. The van der Waals surface area contributed by atoms with Gasteiger partial charge < -0.3 is 4.90 Å². The largest absolute Gasteiger partial charge is 0.340 e. The van der Waals surface area contributed by atoms with Crippen LogP contribution in [0.2, 0.25) is 0 Å². The number of hydrogen-bond donors (Lipinski definition) is 0. The first-order valence-electron chi connectivity index (χ1n) is 9.75. The summed E-state index contributed by atoms with van der Waals surface area (Å²) >= 11 is 0. The zero-order chi connectivity index (χ0) is 19.8. The Kier molecular flexibility index (Phi) is 5.77. The van der Waals surface area contributed by atoms with Crippen molar-refractivity contribution in [2.24, 2.45) is 5.92 Å². The highest BCUT2D eigenvalue weighted by atomic mass is 32.2. The van der Waals surface area contributed by atoms with Crippen molar-refractivity contribution >= 4 is 15.9 Å². The molecular weight excluding hydrogens is 360 g/mol. The third-order valence-electron chi connectivity index (χ3n) is 6.06. The van der Waals surface area contributed by atoms with E-state index in [9.17, 15) is 13.2 Å². The molecule has 3 rings (SSSR count). The zero-order valence-electron chi connectivity index (χ0n) is 16.8. The lowest BCUT2D eigenvalue weighted by molar-refractivity contribution is -0.137. The van der Waals surface area contributed by atoms with Crippen LogP contribution in [0.15, 0.2) is 23.1 Å². The smallest absolute Gasteiger partial charge is 0.243 e. The summed E-state index contributed by atoms with van der Waals surface area (Å²) in [6.07, 6.45) is 6.87. The lowest BCUT2D eigenvalue weighted by Gasteiger charge is -2.36. The fourth-order valence-electron chi connectivity index (χ4n) is 4.12. The van der Waals surface area contributed by atoms with E-state index < -0.39 is 10.0 Å². The molecule has 6 heteroatoms. The van der Waals surface area contributed by atoms with E-state index in [1.807, 2.05) is 38.7 Å². The number of benzene rings is 1. The highest BCUT2D eigenvalue weighted by molar-refractivity contribution is 7.89. The monoisotopic (exact) mass is 390 g/mol. The van der Waals surface area contributed by atoms with Crippen molar-refractivity contribution in [3.05, 3.63) is 40.5 Å². The van der Waals surface area contributed by atoms with E-state index >= 15 is 0 Å². The molecule has 0 spiro atoms. The van der Waals surface area contributed by atoms with Gasteiger partial charge in [-0.1, -0.05) is 18.2 Å². The van der Waals surface area contributed by atoms with Gasteiger partial charge in [0.15, 0.2) is 0 Å². The van der Waals surface area contributed by atoms with Crippen molar-refractivity contribution in [1.29, 1.82) is 0 Å². The molecule has 1 unspecified atom stereocenters. The highest BCUT2D eigenvalue weighted by Crippen LogP contribution is 2.29. The molecule has 0 N–H and O–H groups in total. The van der Waals surface area contributed by atoms with Gasteiger partial charge in [0.1, 0.15) is 0 Å². The van der Waals surface area contributed by atoms with Crippen molar-refractivity contribution < 1.29 is 13.2 Å². The van der Waals surface area contributed by atoms with E-state index in [4.69, 9.17) is 0 Å². The van der Waals surface area contributed by atoms with Crippen LogP contribution in [-0.4, -0.2) is 49.7 Å². The molecule has 1 amide bonds. The number of carbonyl (C=O) groups excluding carboxylic acids is 1. The van der Waals surface area contributed by atoms with Crippen LogP contribution in [-0.2, 0) is 14.8 Å². The molecule has 1 saturated heterocycles. The van der Waals surface area contributed by atoms with Crippen molar-refractivity contribution in [3.63, 3.8) is 0 Å². The van der Waals surface area contributed by atoms with Gasteiger partial charge >= 0.3 is 0 Å². The third-order valence-corrected chi connectivity index (χ3v) is 8.24. The molecule has 27 heavy (non-hydrogen) atoms. The van der Waals surface area contributed by atoms with Crippen LogP contribution in [0, 0.1) is 33.6 Å². The Morgan fingerprint density at radius 3 is 2.07 bits per heavy atom. The maximum atomic E-state index is 13.3. The molecule has 1 aromatic carbocycles. The van der Waals surface area contributed by atoms with Gasteiger partial charge in [0.2, 0.25) is 15.9 Å². The van der Waals surface area contributed by atoms with E-state index in [-0.39, 0.29) is 11.8 Å². The Labute approximate surface area is 163 Å². The summed E-state index contributed by atoms with van der Waals surface area (Å²) in [7, 11) is -3.56. The SMILES string of the molecule is Cc1cc(C)c(C)c(S(=O)(=O)N2CCN(C(=O)C3CC=CCC3)CC2)c1C. The quantitative estimate of drug-likeness (QED) is 0.745. The van der Waals surface area contributed by atoms with Crippen LogP contribution in [0.1, 0.15) is 41.5 Å². The number of amides is 1. The average Bonchev–Trinajstić information content (AvgIpc) is 2.66. The van der Waals surface area contributed by atoms with E-state index in [0.717, 1.165) is 41.5 Å². The predicted molar refractivity (Wildman–Crippen MR) is 107 cm³/mol. The minimum absolute atomic E-state index is 0.0575. The van der Waals surface area contributed by atoms with Crippen LogP contribution in [0.5, 0.6) is 0 Å². The molecule has 0 radical (unpaired) electrons. The number of sulfonamides is 1. The molecule has 0 saturated carbocycles. The number of allylic oxidation sites excluding steroid dienone is 2. The van der Waals surface area contributed by atoms with Gasteiger partial charge in [0.05, 0.1) is 4.90 Å². The van der Waals surface area contributed by atoms with Crippen LogP contribution >= 0.6 is 0 Å². The molecule has 1 fully saturated rings. The van der Waals surface area contributed by atoms with Gasteiger partial charge in [-0.25, -0.2) is 8.42 Å². The van der Waals surface area contributed by atoms with Gasteiger partial charge in [0.25, 0.3) is 0 Å². The number of carbonyl (C=O) groups is 1. The lowest BCUT2D eigenvalue weighted by Crippen LogP contribution is -2.52. The molecule has 148 valence electrons. The Balaban J connectivity index is 1.76. The Hall–Kier alpha value is -1.66. The summed E-state index contributed by atoms with van der Waals surface area (Å²) < 4.78 is 28.2. The molecule has 2 aliphatic rings. The van der Waals surface area contributed by atoms with Gasteiger partial charge in [-0.15, -0.1) is 0 Å². The van der Waals surface area contributed by atoms with E-state index in [0.29, 0.717) is 31.1 Å². The van der Waals surface area contributed by atoms with Gasteiger partial charge in [-0.3, -0.25) is 4.79 Å². The summed E-state index contributed by atoms with van der Waals surface area (Å²) in [4.78, 5) is 15.0. The molecule has 1 heterocycles. The van der Waals surface area contributed by atoms with Crippen molar-refractivity contribution in [2.75, 3.05) is 26.2 Å². The lowest BCUT2D eigenvalue weighted by atomic mass is 9.93. The molecule has 1 atom stereocenters. The average molecular weight is 391 g/mol. The molecule has 1 aliphatic carbocycles. The fourth-order valence-corrected chi connectivity index (χ4v) is 6.12. The molecule has 5 nitrogen and oxygen atoms in total. The van der Waals surface area contributed by atoms with Gasteiger partial charge in [-0.2, -0.15) is 4.31 Å². The summed E-state index contributed by atoms with van der Waals surface area (Å²) in [5.41, 5.74) is 3.64. The fraction of sp³-hybridized carbons (Fsp3) is 0.571. The summed E-state index contributed by atoms with van der Waals surface area (Å²) in [5.74, 6) is 0.234. The molecule has 1 aromatic rings. The molecular formula is C21H30N2O3S. The second kappa shape index (κ2) is 7.76. The maximum absolute atomic E-state index is 13.3. The van der Waals surface area contributed by atoms with Crippen LogP contribution in [0.25, 0.3) is 0 Å². The molecule has 1 aliphatic heterocycles. The molecule has 0 aromatic heterocycles. The van der Waals surface area contributed by atoms with Crippen molar-refractivity contribution in [2.45, 2.75) is 51.9 Å². The minimum atomic E-state index is -3.56. The topological polar surface area (TPSA) is 57.7 Å². The number of nitrogens with zero attached hydrogens (tertiary/aromatic N) is 2. The second-order valence-corrected chi connectivity index (χ2v) is 9.68. The first-order valence-corrected chi connectivity index (χ1v) is 11.2. The van der Waals surface area contributed by atoms with E-state index in [1.165, 1.54) is 0 Å². The summed E-state index contributed by atoms with van der Waals surface area (Å²) in [5, 5.41) is 0. The Bertz CT molecular complexity index is 840. The van der Waals surface area contributed by atoms with Gasteiger partial charge in [-0.05, 0) is 69.2 Å². The number of hydrogen-bond acceptors (Lipinski definition) is 3. The number of rotatable bonds is 3. The van der Waals surface area contributed by atoms with E-state index in [2.05, 4.69) is 12.2 Å². The van der Waals surface area contributed by atoms with E-state index in [1.54, 1.807) is 4.31 Å². The maximum Gasteiger partial charge on any atom is 0.243 e. The summed E-state index contributed by atoms with van der Waals surface area (Å²) in [6.45, 7) is 9.34. The first kappa shape index (κ1) is 20.1. The summed E-state index contributed by atoms with van der Waals surface area (Å²) in [6, 6.07) is 2.04. The third kappa shape index (κ3) is 3.83. The second-order valence-electron chi connectivity index (χ2n) is 7.80. The molecule has 0 bridgehead atoms. The zero-order valence-corrected chi connectivity index (χ0v) is 17.6. The standard InChI is InChI=1S/C21H30N2O3S/c1-15-14-16(2)18(4)20(17(15)3)27(25,26)23-12-10-22(11-13-23)21(24)19-8-6-5-7-9-19/h5-6,14,19H,7-13H2,1-4H3. The Morgan fingerprint density at radius 1 is 0.963 bits per heavy atom. The predicted octanol–water partition coefficient (Wildman–Crippen LogP) is 3.11.